The number of aryl methyl sites for hydroxylation is 1. The van der Waals surface area contributed by atoms with Crippen LogP contribution >= 0.6 is 11.8 Å². The van der Waals surface area contributed by atoms with Crippen molar-refractivity contribution in [3.05, 3.63) is 5.82 Å². The highest BCUT2D eigenvalue weighted by molar-refractivity contribution is 7.98. The Labute approximate surface area is 207 Å². The van der Waals surface area contributed by atoms with E-state index in [0.717, 1.165) is 35.3 Å². The summed E-state index contributed by atoms with van der Waals surface area (Å²) in [4.78, 5) is 39.2. The van der Waals surface area contributed by atoms with Crippen LogP contribution in [-0.4, -0.2) is 62.4 Å². The number of urea groups is 1. The predicted molar refractivity (Wildman–Crippen MR) is 132 cm³/mol. The van der Waals surface area contributed by atoms with Gasteiger partial charge in [0.25, 0.3) is 5.91 Å². The topological polar surface area (TPSA) is 109 Å². The molecule has 1 saturated carbocycles. The van der Waals surface area contributed by atoms with Crippen molar-refractivity contribution in [2.45, 2.75) is 90.4 Å². The van der Waals surface area contributed by atoms with E-state index in [1.807, 2.05) is 6.26 Å². The summed E-state index contributed by atoms with van der Waals surface area (Å²) in [5, 5.41) is 15.2. The summed E-state index contributed by atoms with van der Waals surface area (Å²) in [6.07, 6.45) is 6.45. The quantitative estimate of drug-likeness (QED) is 0.311. The summed E-state index contributed by atoms with van der Waals surface area (Å²) in [6, 6.07) is -0.458. The van der Waals surface area contributed by atoms with Crippen LogP contribution in [0.4, 0.5) is 4.79 Å². The van der Waals surface area contributed by atoms with Gasteiger partial charge in [0, 0.05) is 19.5 Å². The molecule has 34 heavy (non-hydrogen) atoms. The fourth-order valence-electron chi connectivity index (χ4n) is 5.01. The maximum Gasteiger partial charge on any atom is 0.325 e. The van der Waals surface area contributed by atoms with Crippen LogP contribution in [0.3, 0.4) is 0 Å². The van der Waals surface area contributed by atoms with E-state index in [1.54, 1.807) is 11.8 Å². The summed E-state index contributed by atoms with van der Waals surface area (Å²) < 4.78 is 2.14. The van der Waals surface area contributed by atoms with Crippen molar-refractivity contribution in [2.24, 2.45) is 17.3 Å². The van der Waals surface area contributed by atoms with Gasteiger partial charge < -0.3 is 15.2 Å². The maximum atomic E-state index is 13.1. The zero-order valence-electron chi connectivity index (χ0n) is 21.4. The normalized spacial score (nSPS) is 23.1. The van der Waals surface area contributed by atoms with E-state index in [-0.39, 0.29) is 23.8 Å². The van der Waals surface area contributed by atoms with Gasteiger partial charge >= 0.3 is 6.03 Å². The lowest BCUT2D eigenvalue weighted by atomic mass is 9.67. The van der Waals surface area contributed by atoms with Crippen molar-refractivity contribution < 1.29 is 14.4 Å². The lowest BCUT2D eigenvalue weighted by molar-refractivity contribution is -0.136. The molecule has 0 aromatic carbocycles. The second kappa shape index (κ2) is 10.7. The molecule has 2 aliphatic rings. The van der Waals surface area contributed by atoms with Crippen LogP contribution in [0.1, 0.15) is 72.5 Å². The number of amides is 4. The fraction of sp³-hybridized carbons (Fsp3) is 0.792. The monoisotopic (exact) mass is 492 g/mol. The molecular weight excluding hydrogens is 452 g/mol. The first-order valence-corrected chi connectivity index (χ1v) is 13.6. The molecular formula is C24H40N6O3S. The Hall–Kier alpha value is -2.10. The third-order valence-corrected chi connectivity index (χ3v) is 7.70. The van der Waals surface area contributed by atoms with Gasteiger partial charge in [0.2, 0.25) is 5.91 Å². The van der Waals surface area contributed by atoms with Crippen LogP contribution in [0, 0.1) is 17.3 Å². The molecule has 10 heteroatoms. The van der Waals surface area contributed by atoms with Crippen LogP contribution in [0.25, 0.3) is 0 Å². The van der Waals surface area contributed by atoms with Crippen LogP contribution in [0.5, 0.6) is 0 Å². The van der Waals surface area contributed by atoms with Crippen LogP contribution < -0.4 is 10.6 Å². The van der Waals surface area contributed by atoms with Gasteiger partial charge in [-0.3, -0.25) is 14.5 Å². The van der Waals surface area contributed by atoms with Crippen LogP contribution in [0.15, 0.2) is 5.16 Å². The van der Waals surface area contributed by atoms with Gasteiger partial charge in [-0.1, -0.05) is 46.4 Å². The number of rotatable bonds is 9. The summed E-state index contributed by atoms with van der Waals surface area (Å²) in [5.74, 6) is 1.34. The van der Waals surface area contributed by atoms with E-state index in [9.17, 15) is 14.4 Å². The van der Waals surface area contributed by atoms with Crippen LogP contribution in [-0.2, 0) is 22.6 Å². The number of carbonyl (C=O) groups is 3. The lowest BCUT2D eigenvalue weighted by Crippen LogP contribution is -2.51. The molecule has 1 aromatic heterocycles. The molecule has 2 fully saturated rings. The molecule has 1 saturated heterocycles. The van der Waals surface area contributed by atoms with Gasteiger partial charge in [-0.2, -0.15) is 0 Å². The molecule has 1 aromatic rings. The summed E-state index contributed by atoms with van der Waals surface area (Å²) in [7, 11) is 0. The maximum absolute atomic E-state index is 13.1. The largest absolute Gasteiger partial charge is 0.355 e. The summed E-state index contributed by atoms with van der Waals surface area (Å²) >= 11 is 1.58. The summed E-state index contributed by atoms with van der Waals surface area (Å²) in [5.41, 5.74) is -0.652. The molecule has 1 aliphatic heterocycles. The van der Waals surface area contributed by atoms with Crippen molar-refractivity contribution in [2.75, 3.05) is 19.3 Å². The number of thioether (sulfide) groups is 1. The van der Waals surface area contributed by atoms with Gasteiger partial charge in [-0.15, -0.1) is 10.2 Å². The molecule has 4 amide bonds. The highest BCUT2D eigenvalue weighted by Gasteiger charge is 2.53. The molecule has 3 rings (SSSR count). The molecule has 1 spiro atoms. The molecule has 1 aliphatic carbocycles. The Morgan fingerprint density at radius 1 is 1.24 bits per heavy atom. The smallest absolute Gasteiger partial charge is 0.325 e. The molecule has 0 bridgehead atoms. The molecule has 2 heterocycles. The van der Waals surface area contributed by atoms with E-state index in [4.69, 9.17) is 0 Å². The fourth-order valence-corrected chi connectivity index (χ4v) is 5.54. The minimum atomic E-state index is -0.839. The van der Waals surface area contributed by atoms with Gasteiger partial charge in [-0.05, 0) is 55.6 Å². The first kappa shape index (κ1) is 26.5. The number of hydrogen-bond acceptors (Lipinski definition) is 6. The SMILES string of the molecule is CSc1nnc(CCCNC(=O)CN2C(=O)NC3(CCC(C(C)(C)C)CC3)C2=O)n1CC(C)C. The van der Waals surface area contributed by atoms with Crippen molar-refractivity contribution in [1.82, 2.24) is 30.3 Å². The third-order valence-electron chi connectivity index (χ3n) is 7.03. The minimum absolute atomic E-state index is 0.186. The Morgan fingerprint density at radius 2 is 1.91 bits per heavy atom. The molecule has 0 radical (unpaired) electrons. The van der Waals surface area contributed by atoms with Gasteiger partial charge in [-0.25, -0.2) is 4.79 Å². The number of hydrogen-bond donors (Lipinski definition) is 2. The Kier molecular flexibility index (Phi) is 8.31. The number of nitrogens with zero attached hydrogens (tertiary/aromatic N) is 4. The lowest BCUT2D eigenvalue weighted by Gasteiger charge is -2.40. The first-order valence-electron chi connectivity index (χ1n) is 12.3. The first-order chi connectivity index (χ1) is 16.0. The van der Waals surface area contributed by atoms with Crippen LogP contribution in [0.2, 0.25) is 0 Å². The standard InChI is InChI=1S/C24H40N6O3S/c1-16(2)14-29-18(27-28-22(29)34-6)8-7-13-25-19(31)15-30-20(32)24(26-21(30)33)11-9-17(10-12-24)23(3,4)5/h16-17H,7-15H2,1-6H3,(H,25,31)(H,26,33). The zero-order valence-corrected chi connectivity index (χ0v) is 22.3. The van der Waals surface area contributed by atoms with E-state index in [2.05, 4.69) is 60.0 Å². The Bertz CT molecular complexity index is 899. The predicted octanol–water partition coefficient (Wildman–Crippen LogP) is 3.23. The molecule has 190 valence electrons. The van der Waals surface area contributed by atoms with E-state index in [1.165, 1.54) is 0 Å². The number of nitrogens with one attached hydrogen (secondary N) is 2. The molecule has 0 atom stereocenters. The van der Waals surface area contributed by atoms with Crippen molar-refractivity contribution in [3.8, 4) is 0 Å². The van der Waals surface area contributed by atoms with E-state index in [0.29, 0.717) is 44.1 Å². The zero-order chi connectivity index (χ0) is 25.1. The van der Waals surface area contributed by atoms with Crippen molar-refractivity contribution >= 4 is 29.6 Å². The summed E-state index contributed by atoms with van der Waals surface area (Å²) in [6.45, 7) is 12.0. The molecule has 0 unspecified atom stereocenters. The number of carbonyl (C=O) groups excluding carboxylic acids is 3. The second-order valence-electron chi connectivity index (χ2n) is 11.1. The average molecular weight is 493 g/mol. The van der Waals surface area contributed by atoms with Gasteiger partial charge in [0.1, 0.15) is 17.9 Å². The number of imide groups is 1. The molecule has 2 N–H and O–H groups in total. The second-order valence-corrected chi connectivity index (χ2v) is 11.9. The van der Waals surface area contributed by atoms with E-state index >= 15 is 0 Å². The minimum Gasteiger partial charge on any atom is -0.355 e. The average Bonchev–Trinajstić information content (AvgIpc) is 3.24. The highest BCUT2D eigenvalue weighted by Crippen LogP contribution is 2.43. The van der Waals surface area contributed by atoms with Crippen molar-refractivity contribution in [3.63, 3.8) is 0 Å². The highest BCUT2D eigenvalue weighted by atomic mass is 32.2. The van der Waals surface area contributed by atoms with Gasteiger partial charge in [0.15, 0.2) is 5.16 Å². The third kappa shape index (κ3) is 5.93. The van der Waals surface area contributed by atoms with Gasteiger partial charge in [0.05, 0.1) is 0 Å². The Balaban J connectivity index is 1.47. The molecule has 9 nitrogen and oxygen atoms in total. The Morgan fingerprint density at radius 3 is 2.50 bits per heavy atom. The number of aromatic nitrogens is 3. The van der Waals surface area contributed by atoms with E-state index < -0.39 is 11.6 Å². The van der Waals surface area contributed by atoms with Crippen molar-refractivity contribution in [1.29, 1.82) is 0 Å².